The summed E-state index contributed by atoms with van der Waals surface area (Å²) in [6, 6.07) is 8.04. The maximum atomic E-state index is 11.5. The van der Waals surface area contributed by atoms with E-state index in [1.807, 2.05) is 24.3 Å². The highest BCUT2D eigenvalue weighted by molar-refractivity contribution is 6.30. The third-order valence-corrected chi connectivity index (χ3v) is 4.25. The third kappa shape index (κ3) is 4.33. The third-order valence-electron chi connectivity index (χ3n) is 3.99. The molecule has 3 N–H and O–H groups in total. The average molecular weight is 311 g/mol. The lowest BCUT2D eigenvalue weighted by atomic mass is 10.1. The van der Waals surface area contributed by atoms with E-state index >= 15 is 0 Å². The minimum absolute atomic E-state index is 0.0468. The normalized spacial score (nSPS) is 17.6. The smallest absolute Gasteiger partial charge is 0.221 e. The van der Waals surface area contributed by atoms with Crippen LogP contribution in [0.15, 0.2) is 24.3 Å². The van der Waals surface area contributed by atoms with Crippen LogP contribution in [0.4, 0.5) is 5.69 Å². The molecular formula is C15H23ClN4O. The Morgan fingerprint density at radius 1 is 1.29 bits per heavy atom. The molecule has 0 radical (unpaired) electrons. The minimum atomic E-state index is 0.0468. The van der Waals surface area contributed by atoms with Crippen LogP contribution in [0.5, 0.6) is 0 Å². The predicted molar refractivity (Wildman–Crippen MR) is 86.8 cm³/mol. The summed E-state index contributed by atoms with van der Waals surface area (Å²) < 4.78 is 0. The number of nitrogens with two attached hydrogens (primary N) is 1. The zero-order valence-electron chi connectivity index (χ0n) is 12.4. The van der Waals surface area contributed by atoms with Gasteiger partial charge in [0.25, 0.3) is 0 Å². The molecule has 0 aliphatic carbocycles. The van der Waals surface area contributed by atoms with Crippen molar-refractivity contribution >= 4 is 23.2 Å². The van der Waals surface area contributed by atoms with Gasteiger partial charge in [0.2, 0.25) is 5.91 Å². The van der Waals surface area contributed by atoms with Gasteiger partial charge in [-0.2, -0.15) is 0 Å². The summed E-state index contributed by atoms with van der Waals surface area (Å²) in [5, 5.41) is 3.42. The molecule has 0 aromatic heterocycles. The number of anilines is 1. The minimum Gasteiger partial charge on any atom is -0.369 e. The van der Waals surface area contributed by atoms with Crippen molar-refractivity contribution in [2.75, 3.05) is 44.7 Å². The van der Waals surface area contributed by atoms with E-state index in [0.717, 1.165) is 31.2 Å². The predicted octanol–water partition coefficient (Wildman–Crippen LogP) is 0.925. The quantitative estimate of drug-likeness (QED) is 0.849. The maximum absolute atomic E-state index is 11.5. The van der Waals surface area contributed by atoms with Crippen LogP contribution >= 0.6 is 11.6 Å². The second kappa shape index (κ2) is 7.64. The van der Waals surface area contributed by atoms with Gasteiger partial charge in [0.15, 0.2) is 0 Å². The van der Waals surface area contributed by atoms with Crippen molar-refractivity contribution in [2.24, 2.45) is 5.73 Å². The molecule has 1 atom stereocenters. The number of hydrogen-bond donors (Lipinski definition) is 2. The van der Waals surface area contributed by atoms with E-state index < -0.39 is 0 Å². The molecule has 1 amide bonds. The van der Waals surface area contributed by atoms with E-state index in [1.165, 1.54) is 5.69 Å². The van der Waals surface area contributed by atoms with Crippen molar-refractivity contribution in [1.29, 1.82) is 0 Å². The van der Waals surface area contributed by atoms with Gasteiger partial charge in [-0.25, -0.2) is 0 Å². The molecule has 0 spiro atoms. The van der Waals surface area contributed by atoms with E-state index in [2.05, 4.69) is 15.1 Å². The Labute approximate surface area is 131 Å². The molecule has 1 aromatic carbocycles. The molecular weight excluding hydrogens is 288 g/mol. The number of nitrogens with zero attached hydrogens (tertiary/aromatic N) is 2. The fourth-order valence-electron chi connectivity index (χ4n) is 2.67. The Balaban J connectivity index is 1.89. The molecule has 5 nitrogen and oxygen atoms in total. The van der Waals surface area contributed by atoms with E-state index in [1.54, 1.807) is 7.05 Å². The molecule has 2 rings (SSSR count). The highest BCUT2D eigenvalue weighted by Gasteiger charge is 2.24. The molecule has 1 fully saturated rings. The number of piperazine rings is 1. The van der Waals surface area contributed by atoms with Crippen molar-refractivity contribution < 1.29 is 4.79 Å². The van der Waals surface area contributed by atoms with Gasteiger partial charge in [0.1, 0.15) is 0 Å². The summed E-state index contributed by atoms with van der Waals surface area (Å²) >= 11 is 5.92. The van der Waals surface area contributed by atoms with Crippen molar-refractivity contribution in [2.45, 2.75) is 12.5 Å². The lowest BCUT2D eigenvalue weighted by Gasteiger charge is -2.39. The number of carbonyl (C=O) groups excluding carboxylic acids is 1. The molecule has 1 unspecified atom stereocenters. The first-order chi connectivity index (χ1) is 10.1. The Hall–Kier alpha value is -1.30. The van der Waals surface area contributed by atoms with Gasteiger partial charge in [0.05, 0.1) is 0 Å². The van der Waals surface area contributed by atoms with Crippen LogP contribution < -0.4 is 16.0 Å². The number of amides is 1. The fraction of sp³-hybridized carbons (Fsp3) is 0.533. The highest BCUT2D eigenvalue weighted by atomic mass is 35.5. The number of hydrogen-bond acceptors (Lipinski definition) is 4. The first-order valence-electron chi connectivity index (χ1n) is 7.29. The topological polar surface area (TPSA) is 61.6 Å². The summed E-state index contributed by atoms with van der Waals surface area (Å²) in [6.07, 6.45) is 0.466. The van der Waals surface area contributed by atoms with E-state index in [4.69, 9.17) is 17.3 Å². The lowest BCUT2D eigenvalue weighted by Crippen LogP contribution is -2.53. The molecule has 1 aliphatic rings. The number of carbonyl (C=O) groups is 1. The summed E-state index contributed by atoms with van der Waals surface area (Å²) in [5.41, 5.74) is 7.01. The molecule has 1 heterocycles. The number of benzene rings is 1. The molecule has 1 aromatic rings. The summed E-state index contributed by atoms with van der Waals surface area (Å²) in [4.78, 5) is 16.2. The zero-order valence-corrected chi connectivity index (χ0v) is 13.1. The highest BCUT2D eigenvalue weighted by Crippen LogP contribution is 2.20. The second-order valence-corrected chi connectivity index (χ2v) is 5.70. The van der Waals surface area contributed by atoms with Gasteiger partial charge in [-0.05, 0) is 24.3 Å². The number of rotatable bonds is 5. The molecule has 1 aliphatic heterocycles. The van der Waals surface area contributed by atoms with Crippen LogP contribution in [0.2, 0.25) is 5.02 Å². The number of nitrogens with one attached hydrogen (secondary N) is 1. The molecule has 0 saturated carbocycles. The van der Waals surface area contributed by atoms with Crippen molar-refractivity contribution in [3.8, 4) is 0 Å². The van der Waals surface area contributed by atoms with Gasteiger partial charge in [-0.3, -0.25) is 9.69 Å². The standard InChI is InChI=1S/C15H23ClN4O/c1-18-15(21)10-14(11-17)20-8-6-19(7-9-20)13-4-2-12(16)3-5-13/h2-5,14H,6-11,17H2,1H3,(H,18,21). The van der Waals surface area contributed by atoms with E-state index in [0.29, 0.717) is 13.0 Å². The van der Waals surface area contributed by atoms with Crippen LogP contribution in [0, 0.1) is 0 Å². The fourth-order valence-corrected chi connectivity index (χ4v) is 2.80. The Bertz CT molecular complexity index is 457. The average Bonchev–Trinajstić information content (AvgIpc) is 2.53. The van der Waals surface area contributed by atoms with Crippen LogP contribution in [0.3, 0.4) is 0 Å². The van der Waals surface area contributed by atoms with Crippen molar-refractivity contribution in [3.05, 3.63) is 29.3 Å². The van der Waals surface area contributed by atoms with Crippen molar-refractivity contribution in [1.82, 2.24) is 10.2 Å². The van der Waals surface area contributed by atoms with Crippen LogP contribution in [-0.2, 0) is 4.79 Å². The van der Waals surface area contributed by atoms with Gasteiger partial charge in [-0.1, -0.05) is 11.6 Å². The van der Waals surface area contributed by atoms with E-state index in [-0.39, 0.29) is 11.9 Å². The number of halogens is 1. The Morgan fingerprint density at radius 2 is 1.90 bits per heavy atom. The molecule has 116 valence electrons. The van der Waals surface area contributed by atoms with Gasteiger partial charge < -0.3 is 16.0 Å². The Kier molecular flexibility index (Phi) is 5.85. The maximum Gasteiger partial charge on any atom is 0.221 e. The van der Waals surface area contributed by atoms with Gasteiger partial charge >= 0.3 is 0 Å². The molecule has 1 saturated heterocycles. The Morgan fingerprint density at radius 3 is 2.43 bits per heavy atom. The molecule has 0 bridgehead atoms. The van der Waals surface area contributed by atoms with Crippen LogP contribution in [-0.4, -0.2) is 56.6 Å². The van der Waals surface area contributed by atoms with Crippen molar-refractivity contribution in [3.63, 3.8) is 0 Å². The summed E-state index contributed by atoms with van der Waals surface area (Å²) in [6.45, 7) is 4.22. The van der Waals surface area contributed by atoms with Gasteiger partial charge in [-0.15, -0.1) is 0 Å². The zero-order chi connectivity index (χ0) is 15.2. The van der Waals surface area contributed by atoms with Crippen LogP contribution in [0.1, 0.15) is 6.42 Å². The lowest BCUT2D eigenvalue weighted by molar-refractivity contribution is -0.121. The SMILES string of the molecule is CNC(=O)CC(CN)N1CCN(c2ccc(Cl)cc2)CC1. The molecule has 6 heteroatoms. The second-order valence-electron chi connectivity index (χ2n) is 5.27. The van der Waals surface area contributed by atoms with Gasteiger partial charge in [0, 0.05) is 62.9 Å². The van der Waals surface area contributed by atoms with E-state index in [9.17, 15) is 4.79 Å². The largest absolute Gasteiger partial charge is 0.369 e. The monoisotopic (exact) mass is 310 g/mol. The molecule has 21 heavy (non-hydrogen) atoms. The summed E-state index contributed by atoms with van der Waals surface area (Å²) in [5.74, 6) is 0.0468. The first kappa shape index (κ1) is 16.1. The summed E-state index contributed by atoms with van der Waals surface area (Å²) in [7, 11) is 1.66. The van der Waals surface area contributed by atoms with Crippen LogP contribution in [0.25, 0.3) is 0 Å². The first-order valence-corrected chi connectivity index (χ1v) is 7.67.